The maximum atomic E-state index is 11.7. The monoisotopic (exact) mass is 404 g/mol. The number of fused-ring (bicyclic) bond motifs is 1. The van der Waals surface area contributed by atoms with E-state index in [1.54, 1.807) is 11.1 Å². The molecule has 1 fully saturated rings. The number of likely N-dealkylation sites (tertiary alicyclic amines) is 1. The Morgan fingerprint density at radius 2 is 2.25 bits per heavy atom. The molecule has 4 rings (SSSR count). The number of allylic oxidation sites excluding steroid dienone is 2. The lowest BCUT2D eigenvalue weighted by molar-refractivity contribution is -0.133. The van der Waals surface area contributed by atoms with E-state index in [1.807, 2.05) is 12.3 Å². The molecule has 0 aromatic heterocycles. The van der Waals surface area contributed by atoms with E-state index in [2.05, 4.69) is 28.2 Å². The molecule has 0 aliphatic carbocycles. The Balaban J connectivity index is 1.52. The number of dihydropyridines is 1. The van der Waals surface area contributed by atoms with Crippen LogP contribution in [0.4, 0.5) is 0 Å². The summed E-state index contributed by atoms with van der Waals surface area (Å²) in [6, 6.07) is 0.131. The first kappa shape index (κ1) is 18.9. The lowest BCUT2D eigenvalue weighted by Gasteiger charge is -2.26. The van der Waals surface area contributed by atoms with Crippen LogP contribution in [0.2, 0.25) is 0 Å². The molecule has 4 aliphatic rings. The van der Waals surface area contributed by atoms with Gasteiger partial charge in [0.05, 0.1) is 5.03 Å². The van der Waals surface area contributed by atoms with Gasteiger partial charge in [0, 0.05) is 49.2 Å². The zero-order valence-electron chi connectivity index (χ0n) is 15.8. The first-order chi connectivity index (χ1) is 13.6. The van der Waals surface area contributed by atoms with Crippen molar-refractivity contribution in [2.45, 2.75) is 32.0 Å². The maximum Gasteiger partial charge on any atom is 0.248 e. The minimum absolute atomic E-state index is 0.00263. The van der Waals surface area contributed by atoms with E-state index < -0.39 is 6.61 Å². The lowest BCUT2D eigenvalue weighted by atomic mass is 10.0. The number of aliphatic imine (C=N–C) groups is 1. The predicted octanol–water partition coefficient (Wildman–Crippen LogP) is 0.216. The van der Waals surface area contributed by atoms with Gasteiger partial charge in [0.2, 0.25) is 5.91 Å². The topological polar surface area (TPSA) is 101 Å². The second kappa shape index (κ2) is 7.89. The number of carbonyl (C=O) groups is 1. The van der Waals surface area contributed by atoms with Crippen molar-refractivity contribution in [2.24, 2.45) is 4.99 Å². The molecule has 0 saturated carbocycles. The van der Waals surface area contributed by atoms with Crippen LogP contribution in [0.15, 0.2) is 51.0 Å². The van der Waals surface area contributed by atoms with Crippen LogP contribution in [0.3, 0.4) is 0 Å². The summed E-state index contributed by atoms with van der Waals surface area (Å²) in [6.07, 6.45) is 7.40. The fourth-order valence-corrected chi connectivity index (χ4v) is 4.02. The molecule has 0 spiro atoms. The summed E-state index contributed by atoms with van der Waals surface area (Å²) in [7, 11) is 0. The van der Waals surface area contributed by atoms with Gasteiger partial charge in [-0.25, -0.2) is 4.99 Å². The van der Waals surface area contributed by atoms with Crippen LogP contribution in [-0.2, 0) is 4.79 Å². The normalized spacial score (nSPS) is 26.3. The molecule has 1 saturated heterocycles. The summed E-state index contributed by atoms with van der Waals surface area (Å²) in [5.74, 6) is 1.45. The molecule has 5 N–H and O–H groups in total. The fourth-order valence-electron chi connectivity index (χ4n) is 3.84. The van der Waals surface area contributed by atoms with Gasteiger partial charge in [0.1, 0.15) is 24.4 Å². The van der Waals surface area contributed by atoms with Crippen LogP contribution in [0.5, 0.6) is 0 Å². The van der Waals surface area contributed by atoms with Crippen LogP contribution >= 0.6 is 11.6 Å². The zero-order valence-corrected chi connectivity index (χ0v) is 16.5. The molecule has 9 heteroatoms. The number of hydrogen-bond donors (Lipinski definition) is 5. The average Bonchev–Trinajstić information content (AvgIpc) is 3.34. The highest BCUT2D eigenvalue weighted by molar-refractivity contribution is 6.31. The number of aliphatic hydroxyl groups is 1. The van der Waals surface area contributed by atoms with Gasteiger partial charge in [-0.15, -0.1) is 0 Å². The van der Waals surface area contributed by atoms with Gasteiger partial charge < -0.3 is 31.3 Å². The minimum atomic E-state index is -0.440. The van der Waals surface area contributed by atoms with E-state index in [0.29, 0.717) is 18.1 Å². The first-order valence-electron chi connectivity index (χ1n) is 9.59. The number of rotatable bonds is 5. The van der Waals surface area contributed by atoms with Crippen molar-refractivity contribution in [3.05, 3.63) is 46.0 Å². The number of hydrogen-bond acceptors (Lipinski definition) is 7. The van der Waals surface area contributed by atoms with Gasteiger partial charge in [0.15, 0.2) is 0 Å². The van der Waals surface area contributed by atoms with Crippen LogP contribution in [-0.4, -0.2) is 60.2 Å². The zero-order chi connectivity index (χ0) is 19.7. The summed E-state index contributed by atoms with van der Waals surface area (Å²) < 4.78 is 0. The van der Waals surface area contributed by atoms with E-state index in [1.165, 1.54) is 5.57 Å². The molecule has 0 aromatic carbocycles. The van der Waals surface area contributed by atoms with Crippen LogP contribution in [0.25, 0.3) is 0 Å². The highest BCUT2D eigenvalue weighted by Crippen LogP contribution is 2.27. The van der Waals surface area contributed by atoms with Crippen LogP contribution in [0.1, 0.15) is 19.8 Å². The van der Waals surface area contributed by atoms with Gasteiger partial charge in [-0.1, -0.05) is 18.5 Å². The number of halogens is 1. The van der Waals surface area contributed by atoms with Crippen molar-refractivity contribution in [1.29, 1.82) is 0 Å². The Morgan fingerprint density at radius 1 is 1.43 bits per heavy atom. The molecule has 0 radical (unpaired) electrons. The fraction of sp³-hybridized carbons (Fsp3) is 0.474. The highest BCUT2D eigenvalue weighted by Gasteiger charge is 2.31. The molecule has 150 valence electrons. The average molecular weight is 405 g/mol. The van der Waals surface area contributed by atoms with Gasteiger partial charge in [-0.05, 0) is 24.5 Å². The van der Waals surface area contributed by atoms with Gasteiger partial charge in [-0.2, -0.15) is 0 Å². The Hall–Kier alpha value is -2.45. The standard InChI is InChI=1S/C19H25ClN6O2/c1-2-11-6-21-19(15-8-23-18-14(15)5-12(20)7-22-18)25-17(11)24-13-3-4-26(9-13)16(28)10-27/h5,7-8,13,18,22-24,27H,2-4,6,9-10H2,1H3,(H,21,25)/t13-,18?/m0/s1. The molecule has 8 nitrogen and oxygen atoms in total. The number of nitrogens with one attached hydrogen (secondary N) is 4. The number of amidine groups is 1. The Labute approximate surface area is 169 Å². The molecule has 2 atom stereocenters. The molecule has 0 aromatic rings. The quantitative estimate of drug-likeness (QED) is 0.449. The molecule has 0 bridgehead atoms. The van der Waals surface area contributed by atoms with Gasteiger partial charge in [0.25, 0.3) is 0 Å². The van der Waals surface area contributed by atoms with Crippen molar-refractivity contribution >= 4 is 23.3 Å². The third kappa shape index (κ3) is 3.62. The second-order valence-electron chi connectivity index (χ2n) is 7.20. The van der Waals surface area contributed by atoms with Gasteiger partial charge >= 0.3 is 0 Å². The number of carbonyl (C=O) groups excluding carboxylic acids is 1. The molecule has 4 heterocycles. The maximum absolute atomic E-state index is 11.7. The van der Waals surface area contributed by atoms with Crippen molar-refractivity contribution in [1.82, 2.24) is 26.2 Å². The Morgan fingerprint density at radius 3 is 3.04 bits per heavy atom. The highest BCUT2D eigenvalue weighted by atomic mass is 35.5. The van der Waals surface area contributed by atoms with Crippen molar-refractivity contribution in [2.75, 3.05) is 26.2 Å². The molecule has 1 amide bonds. The summed E-state index contributed by atoms with van der Waals surface area (Å²) in [6.45, 7) is 3.63. The summed E-state index contributed by atoms with van der Waals surface area (Å²) in [4.78, 5) is 18.3. The molecular weight excluding hydrogens is 380 g/mol. The SMILES string of the molecule is CCC1=C(N[C@H]2CCN(C(=O)CO)C2)N=C(C2=CNC3NC=C(Cl)C=C23)NC1. The first-order valence-corrected chi connectivity index (χ1v) is 9.97. The second-order valence-corrected chi connectivity index (χ2v) is 7.64. The minimum Gasteiger partial charge on any atom is -0.387 e. The van der Waals surface area contributed by atoms with Crippen LogP contribution < -0.4 is 21.3 Å². The van der Waals surface area contributed by atoms with E-state index in [9.17, 15) is 4.79 Å². The summed E-state index contributed by atoms with van der Waals surface area (Å²) >= 11 is 6.16. The van der Waals surface area contributed by atoms with Crippen molar-refractivity contribution in [3.63, 3.8) is 0 Å². The third-order valence-electron chi connectivity index (χ3n) is 5.42. The van der Waals surface area contributed by atoms with E-state index in [0.717, 1.165) is 42.2 Å². The Bertz CT molecular complexity index is 828. The smallest absolute Gasteiger partial charge is 0.248 e. The molecule has 1 unspecified atom stereocenters. The summed E-state index contributed by atoms with van der Waals surface area (Å²) in [5, 5.41) is 23.2. The number of amides is 1. The Kier molecular flexibility index (Phi) is 5.32. The molecular formula is C19H25ClN6O2. The van der Waals surface area contributed by atoms with E-state index in [-0.39, 0.29) is 18.1 Å². The predicted molar refractivity (Wildman–Crippen MR) is 108 cm³/mol. The van der Waals surface area contributed by atoms with Crippen molar-refractivity contribution in [3.8, 4) is 0 Å². The third-order valence-corrected chi connectivity index (χ3v) is 5.64. The largest absolute Gasteiger partial charge is 0.387 e. The van der Waals surface area contributed by atoms with Crippen molar-refractivity contribution < 1.29 is 9.90 Å². The molecule has 28 heavy (non-hydrogen) atoms. The van der Waals surface area contributed by atoms with Gasteiger partial charge in [-0.3, -0.25) is 4.79 Å². The molecule has 4 aliphatic heterocycles. The number of nitrogens with zero attached hydrogens (tertiary/aromatic N) is 2. The van der Waals surface area contributed by atoms with E-state index in [4.69, 9.17) is 21.7 Å². The van der Waals surface area contributed by atoms with Crippen LogP contribution in [0, 0.1) is 0 Å². The number of aliphatic hydroxyl groups excluding tert-OH is 1. The lowest BCUT2D eigenvalue weighted by Crippen LogP contribution is -2.40. The van der Waals surface area contributed by atoms with E-state index >= 15 is 0 Å². The summed E-state index contributed by atoms with van der Waals surface area (Å²) in [5.41, 5.74) is 3.24.